The first-order valence-corrected chi connectivity index (χ1v) is 4.53. The predicted molar refractivity (Wildman–Crippen MR) is 50.9 cm³/mol. The number of hydrogen-bond acceptors (Lipinski definition) is 2. The average Bonchev–Trinajstić information content (AvgIpc) is 1.97. The molecule has 0 heterocycles. The molecule has 0 radical (unpaired) electrons. The molecule has 0 saturated carbocycles. The lowest BCUT2D eigenvalue weighted by Gasteiger charge is -2.23. The van der Waals surface area contributed by atoms with Crippen LogP contribution in [0.3, 0.4) is 0 Å². The van der Waals surface area contributed by atoms with Crippen LogP contribution in [0.2, 0.25) is 0 Å². The van der Waals surface area contributed by atoms with Gasteiger partial charge in [0, 0.05) is 6.04 Å². The van der Waals surface area contributed by atoms with Gasteiger partial charge in [0.05, 0.1) is 0 Å². The van der Waals surface area contributed by atoms with E-state index in [-0.39, 0.29) is 0 Å². The highest BCUT2D eigenvalue weighted by Crippen LogP contribution is 2.06. The molecule has 0 aromatic carbocycles. The molecule has 0 bridgehead atoms. The van der Waals surface area contributed by atoms with Gasteiger partial charge in [-0.1, -0.05) is 13.3 Å². The first kappa shape index (κ1) is 10.9. The molecule has 0 rings (SSSR count). The van der Waals surface area contributed by atoms with Gasteiger partial charge in [-0.25, -0.2) is 0 Å². The van der Waals surface area contributed by atoms with Crippen LogP contribution >= 0.6 is 0 Å². The summed E-state index contributed by atoms with van der Waals surface area (Å²) in [5, 5.41) is 3.18. The van der Waals surface area contributed by atoms with Crippen molar-refractivity contribution in [3.8, 4) is 0 Å². The van der Waals surface area contributed by atoms with Gasteiger partial charge in [-0.15, -0.1) is 0 Å². The smallest absolute Gasteiger partial charge is 0.0101 e. The van der Waals surface area contributed by atoms with Crippen molar-refractivity contribution in [1.29, 1.82) is 0 Å². The van der Waals surface area contributed by atoms with Crippen LogP contribution in [0, 0.1) is 0 Å². The lowest BCUT2D eigenvalue weighted by Crippen LogP contribution is -2.30. The molecular formula is C9H22N2. The van der Waals surface area contributed by atoms with Crippen molar-refractivity contribution in [3.63, 3.8) is 0 Å². The van der Waals surface area contributed by atoms with Crippen molar-refractivity contribution < 1.29 is 0 Å². The standard InChI is InChI=1S/C9H22N2/c1-5-6-9(11(3)4)7-8-10-2/h9-10H,5-8H2,1-4H3. The summed E-state index contributed by atoms with van der Waals surface area (Å²) < 4.78 is 0. The number of rotatable bonds is 6. The molecule has 1 N–H and O–H groups in total. The Labute approximate surface area is 71.0 Å². The third kappa shape index (κ3) is 5.22. The summed E-state index contributed by atoms with van der Waals surface area (Å²) >= 11 is 0. The Balaban J connectivity index is 3.51. The van der Waals surface area contributed by atoms with Crippen LogP contribution in [0.25, 0.3) is 0 Å². The molecule has 2 heteroatoms. The van der Waals surface area contributed by atoms with Crippen molar-refractivity contribution in [2.75, 3.05) is 27.7 Å². The minimum absolute atomic E-state index is 0.757. The monoisotopic (exact) mass is 158 g/mol. The van der Waals surface area contributed by atoms with E-state index in [0.29, 0.717) is 0 Å². The van der Waals surface area contributed by atoms with Gasteiger partial charge in [0.2, 0.25) is 0 Å². The Morgan fingerprint density at radius 3 is 2.27 bits per heavy atom. The van der Waals surface area contributed by atoms with E-state index in [1.165, 1.54) is 19.3 Å². The SMILES string of the molecule is CCCC(CCNC)N(C)C. The van der Waals surface area contributed by atoms with E-state index in [1.54, 1.807) is 0 Å². The second kappa shape index (κ2) is 6.62. The largest absolute Gasteiger partial charge is 0.320 e. The van der Waals surface area contributed by atoms with Gasteiger partial charge in [-0.05, 0) is 40.5 Å². The summed E-state index contributed by atoms with van der Waals surface area (Å²) in [7, 11) is 6.34. The van der Waals surface area contributed by atoms with E-state index in [1.807, 2.05) is 7.05 Å². The van der Waals surface area contributed by atoms with Gasteiger partial charge in [0.25, 0.3) is 0 Å². The fraction of sp³-hybridized carbons (Fsp3) is 1.00. The molecule has 0 saturated heterocycles. The van der Waals surface area contributed by atoms with Crippen molar-refractivity contribution in [3.05, 3.63) is 0 Å². The Bertz CT molecular complexity index is 81.6. The normalized spacial score (nSPS) is 13.9. The first-order valence-electron chi connectivity index (χ1n) is 4.53. The van der Waals surface area contributed by atoms with Gasteiger partial charge in [0.15, 0.2) is 0 Å². The zero-order chi connectivity index (χ0) is 8.69. The molecule has 0 aliphatic heterocycles. The van der Waals surface area contributed by atoms with Gasteiger partial charge in [-0.2, -0.15) is 0 Å². The van der Waals surface area contributed by atoms with Crippen molar-refractivity contribution in [1.82, 2.24) is 10.2 Å². The van der Waals surface area contributed by atoms with E-state index < -0.39 is 0 Å². The van der Waals surface area contributed by atoms with Crippen LogP contribution in [-0.4, -0.2) is 38.6 Å². The molecule has 11 heavy (non-hydrogen) atoms. The maximum absolute atomic E-state index is 3.18. The number of hydrogen-bond donors (Lipinski definition) is 1. The maximum Gasteiger partial charge on any atom is 0.0101 e. The average molecular weight is 158 g/mol. The third-order valence-corrected chi connectivity index (χ3v) is 2.08. The maximum atomic E-state index is 3.18. The Kier molecular flexibility index (Phi) is 6.57. The van der Waals surface area contributed by atoms with Gasteiger partial charge < -0.3 is 10.2 Å². The van der Waals surface area contributed by atoms with Crippen LogP contribution in [-0.2, 0) is 0 Å². The Morgan fingerprint density at radius 2 is 1.91 bits per heavy atom. The van der Waals surface area contributed by atoms with Crippen LogP contribution in [0.1, 0.15) is 26.2 Å². The summed E-state index contributed by atoms with van der Waals surface area (Å²) in [5.41, 5.74) is 0. The molecular weight excluding hydrogens is 136 g/mol. The van der Waals surface area contributed by atoms with Crippen LogP contribution < -0.4 is 5.32 Å². The summed E-state index contributed by atoms with van der Waals surface area (Å²) in [4.78, 5) is 2.32. The minimum Gasteiger partial charge on any atom is -0.320 e. The van der Waals surface area contributed by atoms with E-state index in [2.05, 4.69) is 31.2 Å². The van der Waals surface area contributed by atoms with E-state index >= 15 is 0 Å². The van der Waals surface area contributed by atoms with Crippen LogP contribution in [0.5, 0.6) is 0 Å². The molecule has 1 unspecified atom stereocenters. The lowest BCUT2D eigenvalue weighted by atomic mass is 10.1. The summed E-state index contributed by atoms with van der Waals surface area (Å²) in [6.07, 6.45) is 3.86. The fourth-order valence-corrected chi connectivity index (χ4v) is 1.30. The molecule has 68 valence electrons. The van der Waals surface area contributed by atoms with E-state index in [9.17, 15) is 0 Å². The highest BCUT2D eigenvalue weighted by Gasteiger charge is 2.08. The highest BCUT2D eigenvalue weighted by molar-refractivity contribution is 4.65. The molecule has 0 aliphatic carbocycles. The molecule has 0 spiro atoms. The summed E-state index contributed by atoms with van der Waals surface area (Å²) in [6.45, 7) is 3.37. The third-order valence-electron chi connectivity index (χ3n) is 2.08. The van der Waals surface area contributed by atoms with E-state index in [0.717, 1.165) is 12.6 Å². The topological polar surface area (TPSA) is 15.3 Å². The number of nitrogens with one attached hydrogen (secondary N) is 1. The minimum atomic E-state index is 0.757. The lowest BCUT2D eigenvalue weighted by molar-refractivity contribution is 0.261. The second-order valence-electron chi connectivity index (χ2n) is 3.30. The predicted octanol–water partition coefficient (Wildman–Crippen LogP) is 1.33. The highest BCUT2D eigenvalue weighted by atomic mass is 15.1. The van der Waals surface area contributed by atoms with Crippen LogP contribution in [0.4, 0.5) is 0 Å². The van der Waals surface area contributed by atoms with Gasteiger partial charge in [0.1, 0.15) is 0 Å². The zero-order valence-electron chi connectivity index (χ0n) is 8.35. The quantitative estimate of drug-likeness (QED) is 0.627. The zero-order valence-corrected chi connectivity index (χ0v) is 8.35. The molecule has 2 nitrogen and oxygen atoms in total. The molecule has 0 aromatic heterocycles. The van der Waals surface area contributed by atoms with Crippen molar-refractivity contribution in [2.24, 2.45) is 0 Å². The fourth-order valence-electron chi connectivity index (χ4n) is 1.30. The molecule has 0 aliphatic rings. The summed E-state index contributed by atoms with van der Waals surface area (Å²) in [6, 6.07) is 0.757. The summed E-state index contributed by atoms with van der Waals surface area (Å²) in [5.74, 6) is 0. The Morgan fingerprint density at radius 1 is 1.27 bits per heavy atom. The number of nitrogens with zero attached hydrogens (tertiary/aromatic N) is 1. The van der Waals surface area contributed by atoms with Crippen molar-refractivity contribution in [2.45, 2.75) is 32.2 Å². The van der Waals surface area contributed by atoms with Crippen molar-refractivity contribution >= 4 is 0 Å². The van der Waals surface area contributed by atoms with E-state index in [4.69, 9.17) is 0 Å². The Hall–Kier alpha value is -0.0800. The molecule has 0 aromatic rings. The molecule has 1 atom stereocenters. The van der Waals surface area contributed by atoms with Gasteiger partial charge in [-0.3, -0.25) is 0 Å². The van der Waals surface area contributed by atoms with Gasteiger partial charge >= 0.3 is 0 Å². The second-order valence-corrected chi connectivity index (χ2v) is 3.30. The first-order chi connectivity index (χ1) is 5.22. The van der Waals surface area contributed by atoms with Crippen LogP contribution in [0.15, 0.2) is 0 Å². The molecule has 0 amide bonds. The molecule has 0 fully saturated rings.